The van der Waals surface area contributed by atoms with Crippen LogP contribution in [0, 0.1) is 6.92 Å². The number of aryl methyl sites for hydroxylation is 1. The molecular formula is C26H29N3O5S. The van der Waals surface area contributed by atoms with Crippen molar-refractivity contribution in [1.82, 2.24) is 5.32 Å². The first kappa shape index (κ1) is 25.8. The van der Waals surface area contributed by atoms with Gasteiger partial charge >= 0.3 is 0 Å². The third-order valence-electron chi connectivity index (χ3n) is 5.20. The third kappa shape index (κ3) is 6.19. The van der Waals surface area contributed by atoms with Crippen molar-refractivity contribution in [3.8, 4) is 5.75 Å². The number of carbonyl (C=O) groups is 2. The second kappa shape index (κ2) is 11.5. The molecule has 0 aromatic heterocycles. The first-order chi connectivity index (χ1) is 16.8. The highest BCUT2D eigenvalue weighted by Gasteiger charge is 2.30. The monoisotopic (exact) mass is 495 g/mol. The molecule has 0 radical (unpaired) electrons. The number of amides is 2. The van der Waals surface area contributed by atoms with E-state index in [0.29, 0.717) is 23.5 Å². The molecule has 0 aliphatic rings. The van der Waals surface area contributed by atoms with E-state index in [1.54, 1.807) is 60.7 Å². The maximum Gasteiger partial charge on any atom is 0.264 e. The number of benzene rings is 3. The van der Waals surface area contributed by atoms with Crippen LogP contribution >= 0.6 is 0 Å². The Morgan fingerprint density at radius 3 is 2.34 bits per heavy atom. The van der Waals surface area contributed by atoms with Crippen molar-refractivity contribution < 1.29 is 22.7 Å². The maximum absolute atomic E-state index is 13.6. The van der Waals surface area contributed by atoms with Gasteiger partial charge in [0.15, 0.2) is 0 Å². The van der Waals surface area contributed by atoms with Crippen LogP contribution in [0.2, 0.25) is 0 Å². The van der Waals surface area contributed by atoms with E-state index in [4.69, 9.17) is 4.74 Å². The van der Waals surface area contributed by atoms with Crippen LogP contribution in [0.4, 0.5) is 11.4 Å². The molecule has 2 N–H and O–H groups in total. The van der Waals surface area contributed by atoms with Gasteiger partial charge in [-0.25, -0.2) is 8.42 Å². The zero-order valence-electron chi connectivity index (χ0n) is 19.9. The van der Waals surface area contributed by atoms with Gasteiger partial charge in [-0.05, 0) is 55.3 Å². The third-order valence-corrected chi connectivity index (χ3v) is 6.98. The average Bonchev–Trinajstić information content (AvgIpc) is 2.86. The predicted molar refractivity (Wildman–Crippen MR) is 136 cm³/mol. The molecule has 0 heterocycles. The van der Waals surface area contributed by atoms with Gasteiger partial charge in [0.25, 0.3) is 15.9 Å². The number of nitrogens with zero attached hydrogens (tertiary/aromatic N) is 1. The van der Waals surface area contributed by atoms with Crippen LogP contribution in [0.3, 0.4) is 0 Å². The summed E-state index contributed by atoms with van der Waals surface area (Å²) in [5.41, 5.74) is 1.62. The molecule has 0 saturated carbocycles. The molecule has 3 aromatic carbocycles. The highest BCUT2D eigenvalue weighted by molar-refractivity contribution is 7.92. The summed E-state index contributed by atoms with van der Waals surface area (Å²) in [4.78, 5) is 25.7. The lowest BCUT2D eigenvalue weighted by Crippen LogP contribution is -2.38. The number of sulfonamides is 1. The summed E-state index contributed by atoms with van der Waals surface area (Å²) >= 11 is 0. The predicted octanol–water partition coefficient (Wildman–Crippen LogP) is 3.98. The minimum Gasteiger partial charge on any atom is -0.495 e. The van der Waals surface area contributed by atoms with Crippen LogP contribution in [0.25, 0.3) is 0 Å². The molecule has 3 aromatic rings. The Kier molecular flexibility index (Phi) is 8.48. The number of rotatable bonds is 10. The van der Waals surface area contributed by atoms with Crippen LogP contribution in [-0.4, -0.2) is 40.4 Å². The highest BCUT2D eigenvalue weighted by atomic mass is 32.2. The normalized spacial score (nSPS) is 10.9. The maximum atomic E-state index is 13.6. The topological polar surface area (TPSA) is 105 Å². The van der Waals surface area contributed by atoms with Gasteiger partial charge in [-0.2, -0.15) is 0 Å². The van der Waals surface area contributed by atoms with E-state index in [9.17, 15) is 18.0 Å². The lowest BCUT2D eigenvalue weighted by atomic mass is 10.1. The number of para-hydroxylation sites is 1. The average molecular weight is 496 g/mol. The molecule has 8 nitrogen and oxygen atoms in total. The van der Waals surface area contributed by atoms with Crippen molar-refractivity contribution in [2.45, 2.75) is 25.2 Å². The summed E-state index contributed by atoms with van der Waals surface area (Å²) < 4.78 is 33.7. The van der Waals surface area contributed by atoms with E-state index >= 15 is 0 Å². The van der Waals surface area contributed by atoms with E-state index in [2.05, 4.69) is 10.6 Å². The largest absolute Gasteiger partial charge is 0.495 e. The summed E-state index contributed by atoms with van der Waals surface area (Å²) in [5.74, 6) is -0.622. The Bertz CT molecular complexity index is 1290. The van der Waals surface area contributed by atoms with Gasteiger partial charge in [-0.15, -0.1) is 0 Å². The molecule has 0 aliphatic carbocycles. The van der Waals surface area contributed by atoms with E-state index in [-0.39, 0.29) is 16.5 Å². The Morgan fingerprint density at radius 2 is 1.66 bits per heavy atom. The molecule has 9 heteroatoms. The number of hydrogen-bond donors (Lipinski definition) is 2. The number of methoxy groups -OCH3 is 1. The minimum atomic E-state index is -4.12. The molecule has 0 spiro atoms. The van der Waals surface area contributed by atoms with Gasteiger partial charge < -0.3 is 15.4 Å². The first-order valence-electron chi connectivity index (χ1n) is 11.2. The molecular weight excluding hydrogens is 466 g/mol. The molecule has 0 saturated heterocycles. The van der Waals surface area contributed by atoms with Gasteiger partial charge in [0.05, 0.1) is 28.9 Å². The molecule has 3 rings (SSSR count). The fourth-order valence-electron chi connectivity index (χ4n) is 3.46. The number of anilines is 2. The van der Waals surface area contributed by atoms with E-state index in [0.717, 1.165) is 16.3 Å². The fraction of sp³-hybridized carbons (Fsp3) is 0.231. The SMILES string of the molecule is CCCNC(=O)c1ccccc1NC(=O)CN(c1cc(C)ccc1OC)S(=O)(=O)c1ccccc1. The van der Waals surface area contributed by atoms with Gasteiger partial charge in [0.1, 0.15) is 12.3 Å². The molecule has 0 aliphatic heterocycles. The van der Waals surface area contributed by atoms with E-state index < -0.39 is 22.5 Å². The Morgan fingerprint density at radius 1 is 0.971 bits per heavy atom. The van der Waals surface area contributed by atoms with Gasteiger partial charge in [-0.3, -0.25) is 13.9 Å². The second-order valence-corrected chi connectivity index (χ2v) is 9.71. The first-order valence-corrected chi connectivity index (χ1v) is 12.6. The van der Waals surface area contributed by atoms with Crippen LogP contribution in [0.1, 0.15) is 29.3 Å². The zero-order chi connectivity index (χ0) is 25.4. The molecule has 35 heavy (non-hydrogen) atoms. The van der Waals surface area contributed by atoms with Crippen LogP contribution in [-0.2, 0) is 14.8 Å². The summed E-state index contributed by atoms with van der Waals surface area (Å²) in [6.07, 6.45) is 0.769. The molecule has 0 fully saturated rings. The number of carbonyl (C=O) groups excluding carboxylic acids is 2. The highest BCUT2D eigenvalue weighted by Crippen LogP contribution is 2.33. The summed E-state index contributed by atoms with van der Waals surface area (Å²) in [6.45, 7) is 3.73. The number of nitrogens with one attached hydrogen (secondary N) is 2. The fourth-order valence-corrected chi connectivity index (χ4v) is 4.90. The minimum absolute atomic E-state index is 0.0377. The van der Waals surface area contributed by atoms with Crippen LogP contribution in [0.5, 0.6) is 5.75 Å². The van der Waals surface area contributed by atoms with Crippen LogP contribution in [0.15, 0.2) is 77.7 Å². The Labute approximate surface area is 206 Å². The standard InChI is InChI=1S/C26H29N3O5S/c1-4-16-27-26(31)21-12-8-9-13-22(21)28-25(30)18-29(23-17-19(2)14-15-24(23)34-3)35(32,33)20-10-6-5-7-11-20/h5-15,17H,4,16,18H2,1-3H3,(H,27,31)(H,28,30). The van der Waals surface area contributed by atoms with Crippen molar-refractivity contribution in [2.75, 3.05) is 29.8 Å². The summed E-state index contributed by atoms with van der Waals surface area (Å²) in [5, 5.41) is 5.48. The summed E-state index contributed by atoms with van der Waals surface area (Å²) in [6, 6.07) is 19.6. The van der Waals surface area contributed by atoms with Crippen molar-refractivity contribution in [1.29, 1.82) is 0 Å². The van der Waals surface area contributed by atoms with Gasteiger partial charge in [0.2, 0.25) is 5.91 Å². The molecule has 2 amide bonds. The van der Waals surface area contributed by atoms with E-state index in [1.165, 1.54) is 19.2 Å². The molecule has 0 unspecified atom stereocenters. The van der Waals surface area contributed by atoms with Crippen molar-refractivity contribution in [2.24, 2.45) is 0 Å². The van der Waals surface area contributed by atoms with Crippen molar-refractivity contribution in [3.05, 3.63) is 83.9 Å². The Balaban J connectivity index is 1.98. The quantitative estimate of drug-likeness (QED) is 0.443. The van der Waals surface area contributed by atoms with Crippen molar-refractivity contribution in [3.63, 3.8) is 0 Å². The lowest BCUT2D eigenvalue weighted by molar-refractivity contribution is -0.114. The molecule has 0 atom stereocenters. The second-order valence-electron chi connectivity index (χ2n) is 7.85. The Hall–Kier alpha value is -3.85. The van der Waals surface area contributed by atoms with Crippen LogP contribution < -0.4 is 19.7 Å². The number of ether oxygens (including phenoxy) is 1. The lowest BCUT2D eigenvalue weighted by Gasteiger charge is -2.26. The smallest absolute Gasteiger partial charge is 0.264 e. The summed E-state index contributed by atoms with van der Waals surface area (Å²) in [7, 11) is -2.68. The van der Waals surface area contributed by atoms with Crippen molar-refractivity contribution >= 4 is 33.2 Å². The molecule has 184 valence electrons. The number of hydrogen-bond acceptors (Lipinski definition) is 5. The molecule has 0 bridgehead atoms. The van der Waals surface area contributed by atoms with E-state index in [1.807, 2.05) is 13.8 Å². The zero-order valence-corrected chi connectivity index (χ0v) is 20.8. The van der Waals surface area contributed by atoms with Gasteiger partial charge in [-0.1, -0.05) is 43.3 Å². The van der Waals surface area contributed by atoms with Gasteiger partial charge in [0, 0.05) is 6.54 Å².